The molecule has 0 radical (unpaired) electrons. The highest BCUT2D eigenvalue weighted by Crippen LogP contribution is 2.00. The number of hydrogen-bond acceptors (Lipinski definition) is 4. The van der Waals surface area contributed by atoms with Gasteiger partial charge in [0.15, 0.2) is 5.76 Å². The first-order chi connectivity index (χ1) is 9.16. The van der Waals surface area contributed by atoms with Gasteiger partial charge in [0, 0.05) is 13.1 Å². The van der Waals surface area contributed by atoms with Crippen molar-refractivity contribution in [3.8, 4) is 0 Å². The lowest BCUT2D eigenvalue weighted by Crippen LogP contribution is -2.43. The molecule has 0 atom stereocenters. The molecule has 0 aliphatic carbocycles. The van der Waals surface area contributed by atoms with Gasteiger partial charge in [0.2, 0.25) is 11.8 Å². The van der Waals surface area contributed by atoms with Gasteiger partial charge < -0.3 is 20.0 Å². The van der Waals surface area contributed by atoms with Crippen LogP contribution in [-0.4, -0.2) is 48.8 Å². The topological polar surface area (TPSA) is 91.7 Å². The molecule has 7 heteroatoms. The third kappa shape index (κ3) is 3.57. The number of carbonyl (C=O) groups is 3. The van der Waals surface area contributed by atoms with Crippen molar-refractivity contribution in [2.24, 2.45) is 0 Å². The zero-order valence-corrected chi connectivity index (χ0v) is 10.3. The van der Waals surface area contributed by atoms with Crippen molar-refractivity contribution in [1.29, 1.82) is 0 Å². The Morgan fingerprint density at radius 1 is 1.47 bits per heavy atom. The monoisotopic (exact) mass is 265 g/mol. The minimum absolute atomic E-state index is 0.0372. The molecule has 19 heavy (non-hydrogen) atoms. The van der Waals surface area contributed by atoms with Crippen molar-refractivity contribution >= 4 is 17.7 Å². The molecule has 0 spiro atoms. The van der Waals surface area contributed by atoms with Gasteiger partial charge in [0.05, 0.1) is 19.4 Å². The Balaban J connectivity index is 1.83. The molecule has 1 aromatic rings. The molecule has 3 amide bonds. The average molecular weight is 265 g/mol. The van der Waals surface area contributed by atoms with Gasteiger partial charge >= 0.3 is 0 Å². The van der Waals surface area contributed by atoms with Gasteiger partial charge in [-0.2, -0.15) is 0 Å². The molecular formula is C12H15N3O4. The number of nitrogens with one attached hydrogen (secondary N) is 2. The summed E-state index contributed by atoms with van der Waals surface area (Å²) in [5.74, 6) is -0.751. The van der Waals surface area contributed by atoms with Crippen LogP contribution in [0.3, 0.4) is 0 Å². The van der Waals surface area contributed by atoms with Crippen molar-refractivity contribution in [2.75, 3.05) is 26.2 Å². The fourth-order valence-corrected chi connectivity index (χ4v) is 1.78. The summed E-state index contributed by atoms with van der Waals surface area (Å²) in [7, 11) is 0. The number of carbonyl (C=O) groups excluding carboxylic acids is 3. The zero-order valence-electron chi connectivity index (χ0n) is 10.3. The average Bonchev–Trinajstić information content (AvgIpc) is 2.85. The van der Waals surface area contributed by atoms with E-state index in [1.165, 1.54) is 17.2 Å². The second kappa shape index (κ2) is 6.03. The highest BCUT2D eigenvalue weighted by atomic mass is 16.3. The molecule has 0 saturated carbocycles. The maximum absolute atomic E-state index is 11.9. The SMILES string of the molecule is O=C1CN(C(=O)CNC(=O)c2ccco2)CCCN1. The van der Waals surface area contributed by atoms with E-state index in [1.807, 2.05) is 0 Å². The predicted molar refractivity (Wildman–Crippen MR) is 65.2 cm³/mol. The summed E-state index contributed by atoms with van der Waals surface area (Å²) in [6.45, 7) is 0.970. The summed E-state index contributed by atoms with van der Waals surface area (Å²) in [5, 5.41) is 5.14. The fourth-order valence-electron chi connectivity index (χ4n) is 1.78. The molecule has 2 rings (SSSR count). The van der Waals surface area contributed by atoms with Crippen LogP contribution in [0.2, 0.25) is 0 Å². The minimum atomic E-state index is -0.447. The number of nitrogens with zero attached hydrogens (tertiary/aromatic N) is 1. The van der Waals surface area contributed by atoms with Crippen LogP contribution in [0, 0.1) is 0 Å². The summed E-state index contributed by atoms with van der Waals surface area (Å²) in [6.07, 6.45) is 2.10. The Bertz CT molecular complexity index is 469. The van der Waals surface area contributed by atoms with E-state index in [0.717, 1.165) is 0 Å². The Labute approximate surface area is 109 Å². The van der Waals surface area contributed by atoms with E-state index >= 15 is 0 Å². The summed E-state index contributed by atoms with van der Waals surface area (Å²) >= 11 is 0. The molecule has 2 N–H and O–H groups in total. The van der Waals surface area contributed by atoms with E-state index in [4.69, 9.17) is 4.42 Å². The molecule has 7 nitrogen and oxygen atoms in total. The second-order valence-electron chi connectivity index (χ2n) is 4.18. The number of amides is 3. The van der Waals surface area contributed by atoms with E-state index in [-0.39, 0.29) is 30.7 Å². The van der Waals surface area contributed by atoms with Gasteiger partial charge in [0.1, 0.15) is 0 Å². The third-order valence-electron chi connectivity index (χ3n) is 2.76. The summed E-state index contributed by atoms with van der Waals surface area (Å²) in [4.78, 5) is 36.2. The Hall–Kier alpha value is -2.31. The second-order valence-corrected chi connectivity index (χ2v) is 4.18. The van der Waals surface area contributed by atoms with E-state index in [1.54, 1.807) is 6.07 Å². The van der Waals surface area contributed by atoms with Crippen LogP contribution in [0.5, 0.6) is 0 Å². The fraction of sp³-hybridized carbons (Fsp3) is 0.417. The molecule has 1 saturated heterocycles. The summed E-state index contributed by atoms with van der Waals surface area (Å²) < 4.78 is 4.91. The first-order valence-corrected chi connectivity index (χ1v) is 6.03. The van der Waals surface area contributed by atoms with Gasteiger partial charge in [-0.1, -0.05) is 0 Å². The van der Waals surface area contributed by atoms with Crippen molar-refractivity contribution in [3.05, 3.63) is 24.2 Å². The maximum atomic E-state index is 11.9. The highest BCUT2D eigenvalue weighted by molar-refractivity contribution is 5.94. The van der Waals surface area contributed by atoms with Crippen molar-refractivity contribution < 1.29 is 18.8 Å². The lowest BCUT2D eigenvalue weighted by molar-refractivity contribution is -0.134. The number of rotatable bonds is 3. The minimum Gasteiger partial charge on any atom is -0.459 e. The van der Waals surface area contributed by atoms with Gasteiger partial charge in [-0.05, 0) is 18.6 Å². The quantitative estimate of drug-likeness (QED) is 0.760. The predicted octanol–water partition coefficient (Wildman–Crippen LogP) is -0.642. The van der Waals surface area contributed by atoms with Crippen LogP contribution in [0.1, 0.15) is 17.0 Å². The third-order valence-corrected chi connectivity index (χ3v) is 2.76. The van der Waals surface area contributed by atoms with E-state index < -0.39 is 5.91 Å². The van der Waals surface area contributed by atoms with Crippen LogP contribution >= 0.6 is 0 Å². The Morgan fingerprint density at radius 3 is 3.05 bits per heavy atom. The summed E-state index contributed by atoms with van der Waals surface area (Å²) in [5.41, 5.74) is 0. The van der Waals surface area contributed by atoms with Crippen LogP contribution in [0.25, 0.3) is 0 Å². The van der Waals surface area contributed by atoms with Crippen molar-refractivity contribution in [3.63, 3.8) is 0 Å². The molecule has 102 valence electrons. The van der Waals surface area contributed by atoms with Crippen LogP contribution in [-0.2, 0) is 9.59 Å². The number of hydrogen-bond donors (Lipinski definition) is 2. The first-order valence-electron chi connectivity index (χ1n) is 6.03. The lowest BCUT2D eigenvalue weighted by atomic mass is 10.3. The molecule has 0 bridgehead atoms. The molecule has 0 aromatic carbocycles. The largest absolute Gasteiger partial charge is 0.459 e. The molecule has 1 fully saturated rings. The van der Waals surface area contributed by atoms with Crippen LogP contribution in [0.15, 0.2) is 22.8 Å². The maximum Gasteiger partial charge on any atom is 0.287 e. The zero-order chi connectivity index (χ0) is 13.7. The highest BCUT2D eigenvalue weighted by Gasteiger charge is 2.20. The molecular weight excluding hydrogens is 250 g/mol. The van der Waals surface area contributed by atoms with Gasteiger partial charge in [-0.25, -0.2) is 0 Å². The Morgan fingerprint density at radius 2 is 2.32 bits per heavy atom. The molecule has 1 aliphatic heterocycles. The van der Waals surface area contributed by atoms with E-state index in [0.29, 0.717) is 19.5 Å². The van der Waals surface area contributed by atoms with Crippen molar-refractivity contribution in [1.82, 2.24) is 15.5 Å². The van der Waals surface area contributed by atoms with Crippen LogP contribution in [0.4, 0.5) is 0 Å². The standard InChI is InChI=1S/C12H15N3O4/c16-10-8-15(5-2-4-13-10)11(17)7-14-12(18)9-3-1-6-19-9/h1,3,6H,2,4-5,7-8H2,(H,13,16)(H,14,18). The Kier molecular flexibility index (Phi) is 4.17. The van der Waals surface area contributed by atoms with Crippen molar-refractivity contribution in [2.45, 2.75) is 6.42 Å². The summed E-state index contributed by atoms with van der Waals surface area (Å²) in [6, 6.07) is 3.11. The molecule has 0 unspecified atom stereocenters. The first kappa shape index (κ1) is 13.1. The number of furan rings is 1. The van der Waals surface area contributed by atoms with Gasteiger partial charge in [-0.3, -0.25) is 14.4 Å². The van der Waals surface area contributed by atoms with Crippen LogP contribution < -0.4 is 10.6 Å². The lowest BCUT2D eigenvalue weighted by Gasteiger charge is -2.18. The molecule has 1 aliphatic rings. The molecule has 1 aromatic heterocycles. The van der Waals surface area contributed by atoms with Gasteiger partial charge in [-0.15, -0.1) is 0 Å². The van der Waals surface area contributed by atoms with Gasteiger partial charge in [0.25, 0.3) is 5.91 Å². The smallest absolute Gasteiger partial charge is 0.287 e. The normalized spacial score (nSPS) is 15.6. The molecule has 2 heterocycles. The van der Waals surface area contributed by atoms with E-state index in [9.17, 15) is 14.4 Å². The van der Waals surface area contributed by atoms with E-state index in [2.05, 4.69) is 10.6 Å².